The first-order valence-corrected chi connectivity index (χ1v) is 6.94. The lowest BCUT2D eigenvalue weighted by molar-refractivity contribution is 0.126. The van der Waals surface area contributed by atoms with Crippen molar-refractivity contribution in [1.82, 2.24) is 4.31 Å². The van der Waals surface area contributed by atoms with Crippen LogP contribution >= 0.6 is 11.6 Å². The number of sulfonamides is 1. The largest absolute Gasteiger partial charge is 0.326 e. The monoisotopic (exact) mass is 316 g/mol. The van der Waals surface area contributed by atoms with Crippen molar-refractivity contribution in [3.63, 3.8) is 0 Å². The van der Waals surface area contributed by atoms with Crippen LogP contribution in [-0.2, 0) is 16.6 Å². The lowest BCUT2D eigenvalue weighted by Crippen LogP contribution is -2.32. The molecule has 108 valence electrons. The Morgan fingerprint density at radius 3 is 2.47 bits per heavy atom. The van der Waals surface area contributed by atoms with E-state index >= 15 is 0 Å². The van der Waals surface area contributed by atoms with Gasteiger partial charge in [0.1, 0.15) is 10.7 Å². The highest BCUT2D eigenvalue weighted by molar-refractivity contribution is 7.89. The van der Waals surface area contributed by atoms with Crippen molar-refractivity contribution in [2.24, 2.45) is 5.73 Å². The van der Waals surface area contributed by atoms with E-state index in [1.54, 1.807) is 0 Å². The molecule has 0 saturated heterocycles. The Labute approximate surface area is 114 Å². The van der Waals surface area contributed by atoms with Crippen LogP contribution in [0.25, 0.3) is 0 Å². The summed E-state index contributed by atoms with van der Waals surface area (Å²) in [5, 5.41) is -0.0362. The zero-order valence-electron chi connectivity index (χ0n) is 9.91. The summed E-state index contributed by atoms with van der Waals surface area (Å²) in [6, 6.07) is 2.05. The Morgan fingerprint density at radius 1 is 1.42 bits per heavy atom. The molecule has 0 aliphatic carbocycles. The van der Waals surface area contributed by atoms with E-state index in [0.717, 1.165) is 13.1 Å². The molecule has 0 bridgehead atoms. The summed E-state index contributed by atoms with van der Waals surface area (Å²) in [5.41, 5.74) is 5.16. The number of rotatable bonds is 5. The second-order valence-electron chi connectivity index (χ2n) is 3.76. The molecule has 0 spiro atoms. The van der Waals surface area contributed by atoms with Gasteiger partial charge in [-0.3, -0.25) is 0 Å². The Morgan fingerprint density at radius 2 is 2.00 bits per heavy atom. The first kappa shape index (κ1) is 16.2. The van der Waals surface area contributed by atoms with Crippen molar-refractivity contribution < 1.29 is 21.6 Å². The number of halogens is 4. The summed E-state index contributed by atoms with van der Waals surface area (Å²) in [4.78, 5) is -0.761. The average Bonchev–Trinajstić information content (AvgIpc) is 2.30. The maximum Gasteiger partial charge on any atom is 0.252 e. The van der Waals surface area contributed by atoms with Crippen LogP contribution in [0.4, 0.5) is 13.2 Å². The molecular weight excluding hydrogens is 305 g/mol. The molecule has 0 radical (unpaired) electrons. The third kappa shape index (κ3) is 3.59. The molecule has 0 unspecified atom stereocenters. The zero-order chi connectivity index (χ0) is 14.8. The van der Waals surface area contributed by atoms with Crippen LogP contribution in [0.1, 0.15) is 5.56 Å². The minimum atomic E-state index is -4.38. The molecule has 0 atom stereocenters. The highest BCUT2D eigenvalue weighted by Crippen LogP contribution is 2.26. The number of nitrogens with zero attached hydrogens (tertiary/aromatic N) is 1. The quantitative estimate of drug-likeness (QED) is 0.901. The molecule has 2 N–H and O–H groups in total. The number of benzene rings is 1. The van der Waals surface area contributed by atoms with Crippen LogP contribution in [0, 0.1) is 5.82 Å². The molecular formula is C10H12ClF3N2O2S. The highest BCUT2D eigenvalue weighted by Gasteiger charge is 2.28. The van der Waals surface area contributed by atoms with Crippen LogP contribution in [-0.4, -0.2) is 32.7 Å². The van der Waals surface area contributed by atoms with Gasteiger partial charge in [-0.05, 0) is 12.1 Å². The molecule has 1 aromatic rings. The second-order valence-corrected chi connectivity index (χ2v) is 6.21. The van der Waals surface area contributed by atoms with Gasteiger partial charge in [0.2, 0.25) is 10.0 Å². The molecule has 0 aliphatic heterocycles. The van der Waals surface area contributed by atoms with E-state index in [1.165, 1.54) is 6.07 Å². The van der Waals surface area contributed by atoms with Gasteiger partial charge in [0.25, 0.3) is 6.43 Å². The minimum absolute atomic E-state index is 0.0362. The molecule has 0 amide bonds. The number of nitrogens with two attached hydrogens (primary N) is 1. The van der Waals surface area contributed by atoms with Crippen LogP contribution < -0.4 is 5.73 Å². The van der Waals surface area contributed by atoms with Crippen molar-refractivity contribution >= 4 is 21.6 Å². The Kier molecular flexibility index (Phi) is 5.19. The van der Waals surface area contributed by atoms with Crippen LogP contribution in [0.3, 0.4) is 0 Å². The molecule has 0 fully saturated rings. The predicted molar refractivity (Wildman–Crippen MR) is 65.1 cm³/mol. The molecule has 0 saturated carbocycles. The van der Waals surface area contributed by atoms with Gasteiger partial charge < -0.3 is 5.73 Å². The van der Waals surface area contributed by atoms with E-state index in [2.05, 4.69) is 0 Å². The predicted octanol–water partition coefficient (Wildman–Crippen LogP) is 1.82. The van der Waals surface area contributed by atoms with E-state index in [4.69, 9.17) is 17.3 Å². The summed E-state index contributed by atoms with van der Waals surface area (Å²) in [5.74, 6) is -1.08. The fourth-order valence-electron chi connectivity index (χ4n) is 1.41. The minimum Gasteiger partial charge on any atom is -0.326 e. The molecule has 4 nitrogen and oxygen atoms in total. The van der Waals surface area contributed by atoms with Crippen LogP contribution in [0.15, 0.2) is 17.0 Å². The smallest absolute Gasteiger partial charge is 0.252 e. The molecule has 19 heavy (non-hydrogen) atoms. The van der Waals surface area contributed by atoms with Gasteiger partial charge in [0, 0.05) is 24.2 Å². The average molecular weight is 317 g/mol. The van der Waals surface area contributed by atoms with Crippen LogP contribution in [0.2, 0.25) is 5.02 Å². The van der Waals surface area contributed by atoms with Gasteiger partial charge in [-0.15, -0.1) is 0 Å². The molecule has 0 aromatic heterocycles. The standard InChI is InChI=1S/C10H12ClF3N2O2S/c1-16(5-9(12)13)19(17,18)8-3-7(11)2-6(4-15)10(8)14/h2-3,9H,4-5,15H2,1H3. The molecule has 0 aliphatic rings. The Hall–Kier alpha value is -0.830. The number of hydrogen-bond acceptors (Lipinski definition) is 3. The van der Waals surface area contributed by atoms with E-state index in [1.807, 2.05) is 0 Å². The fraction of sp³-hybridized carbons (Fsp3) is 0.400. The van der Waals surface area contributed by atoms with Gasteiger partial charge in [-0.25, -0.2) is 21.6 Å². The van der Waals surface area contributed by atoms with E-state index < -0.39 is 33.7 Å². The topological polar surface area (TPSA) is 63.4 Å². The Bertz CT molecular complexity index is 566. The Balaban J connectivity index is 3.32. The van der Waals surface area contributed by atoms with Crippen molar-refractivity contribution in [1.29, 1.82) is 0 Å². The summed E-state index contributed by atoms with van der Waals surface area (Å²) in [7, 11) is -3.45. The van der Waals surface area contributed by atoms with E-state index in [-0.39, 0.29) is 17.1 Å². The summed E-state index contributed by atoms with van der Waals surface area (Å²) < 4.78 is 62.6. The summed E-state index contributed by atoms with van der Waals surface area (Å²) in [6.07, 6.45) is -2.86. The number of hydrogen-bond donors (Lipinski definition) is 1. The first-order chi connectivity index (χ1) is 8.70. The maximum atomic E-state index is 13.9. The maximum absolute atomic E-state index is 13.9. The van der Waals surface area contributed by atoms with E-state index in [0.29, 0.717) is 4.31 Å². The SMILES string of the molecule is CN(CC(F)F)S(=O)(=O)c1cc(Cl)cc(CN)c1F. The van der Waals surface area contributed by atoms with E-state index in [9.17, 15) is 21.6 Å². The lowest BCUT2D eigenvalue weighted by atomic mass is 10.2. The fourth-order valence-corrected chi connectivity index (χ4v) is 3.00. The highest BCUT2D eigenvalue weighted by atomic mass is 35.5. The summed E-state index contributed by atoms with van der Waals surface area (Å²) >= 11 is 5.66. The van der Waals surface area contributed by atoms with Crippen molar-refractivity contribution in [3.05, 3.63) is 28.5 Å². The third-order valence-corrected chi connectivity index (χ3v) is 4.42. The molecule has 1 rings (SSSR count). The lowest BCUT2D eigenvalue weighted by Gasteiger charge is -2.18. The van der Waals surface area contributed by atoms with Gasteiger partial charge in [-0.2, -0.15) is 4.31 Å². The van der Waals surface area contributed by atoms with Gasteiger partial charge in [-0.1, -0.05) is 11.6 Å². The van der Waals surface area contributed by atoms with Crippen molar-refractivity contribution in [2.45, 2.75) is 17.9 Å². The van der Waals surface area contributed by atoms with Crippen LogP contribution in [0.5, 0.6) is 0 Å². The second kappa shape index (κ2) is 6.08. The normalized spacial score (nSPS) is 12.4. The van der Waals surface area contributed by atoms with Gasteiger partial charge in [0.15, 0.2) is 0 Å². The van der Waals surface area contributed by atoms with Crippen molar-refractivity contribution in [2.75, 3.05) is 13.6 Å². The van der Waals surface area contributed by atoms with Gasteiger partial charge in [0.05, 0.1) is 6.54 Å². The zero-order valence-corrected chi connectivity index (χ0v) is 11.5. The van der Waals surface area contributed by atoms with Crippen molar-refractivity contribution in [3.8, 4) is 0 Å². The molecule has 9 heteroatoms. The third-order valence-electron chi connectivity index (χ3n) is 2.38. The van der Waals surface area contributed by atoms with Gasteiger partial charge >= 0.3 is 0 Å². The first-order valence-electron chi connectivity index (χ1n) is 5.12. The molecule has 0 heterocycles. The number of alkyl halides is 2. The molecule has 1 aromatic carbocycles. The summed E-state index contributed by atoms with van der Waals surface area (Å²) in [6.45, 7) is -1.29.